The second kappa shape index (κ2) is 4.00. The number of likely N-dealkylation sites (N-methyl/N-ethyl adjacent to an activating group) is 1. The summed E-state index contributed by atoms with van der Waals surface area (Å²) in [6.45, 7) is 1.94. The van der Waals surface area contributed by atoms with E-state index in [2.05, 4.69) is 5.32 Å². The van der Waals surface area contributed by atoms with Crippen LogP contribution in [-0.2, 0) is 4.79 Å². The van der Waals surface area contributed by atoms with Gasteiger partial charge >= 0.3 is 6.18 Å². The molecule has 0 aliphatic rings. The molecule has 5 heteroatoms. The fourth-order valence-electron chi connectivity index (χ4n) is 0.403. The Balaban J connectivity index is 3.83. The zero-order chi connectivity index (χ0) is 8.91. The summed E-state index contributed by atoms with van der Waals surface area (Å²) in [4.78, 5) is 10.4. The molecule has 0 aliphatic carbocycles. The molecule has 0 radical (unpaired) electrons. The van der Waals surface area contributed by atoms with Gasteiger partial charge in [-0.25, -0.2) is 0 Å². The van der Waals surface area contributed by atoms with Crippen LogP contribution in [0.25, 0.3) is 0 Å². The minimum atomic E-state index is -4.41. The van der Waals surface area contributed by atoms with Crippen molar-refractivity contribution in [2.45, 2.75) is 13.1 Å². The highest BCUT2D eigenvalue weighted by atomic mass is 19.4. The van der Waals surface area contributed by atoms with E-state index in [4.69, 9.17) is 0 Å². The minimum absolute atomic E-state index is 0.0992. The number of hydrogen-bond donors (Lipinski definition) is 1. The van der Waals surface area contributed by atoms with Gasteiger partial charge in [-0.05, 0) is 6.92 Å². The van der Waals surface area contributed by atoms with Gasteiger partial charge in [-0.2, -0.15) is 13.2 Å². The maximum Gasteiger partial charge on any atom is 0.409 e. The lowest BCUT2D eigenvalue weighted by molar-refractivity contribution is -0.117. The predicted molar refractivity (Wildman–Crippen MR) is 33.9 cm³/mol. The van der Waals surface area contributed by atoms with Crippen molar-refractivity contribution in [1.82, 2.24) is 5.32 Å². The fourth-order valence-corrected chi connectivity index (χ4v) is 0.403. The average Bonchev–Trinajstić information content (AvgIpc) is 1.83. The van der Waals surface area contributed by atoms with Crippen LogP contribution in [-0.4, -0.2) is 18.6 Å². The highest BCUT2D eigenvalue weighted by Crippen LogP contribution is 2.15. The summed E-state index contributed by atoms with van der Waals surface area (Å²) in [7, 11) is 0. The van der Waals surface area contributed by atoms with E-state index in [0.29, 0.717) is 12.6 Å². The van der Waals surface area contributed by atoms with E-state index >= 15 is 0 Å². The van der Waals surface area contributed by atoms with Gasteiger partial charge in [-0.3, -0.25) is 4.79 Å². The van der Waals surface area contributed by atoms with Crippen molar-refractivity contribution < 1.29 is 18.0 Å². The predicted octanol–water partition coefficient (Wildman–Crippen LogP) is 1.24. The van der Waals surface area contributed by atoms with Crippen LogP contribution < -0.4 is 5.32 Å². The van der Waals surface area contributed by atoms with Crippen molar-refractivity contribution in [2.75, 3.05) is 6.54 Å². The Morgan fingerprint density at radius 3 is 2.45 bits per heavy atom. The van der Waals surface area contributed by atoms with Crippen LogP contribution in [0.5, 0.6) is 0 Å². The van der Waals surface area contributed by atoms with Crippen LogP contribution >= 0.6 is 0 Å². The molecule has 0 aromatic carbocycles. The molecule has 0 saturated heterocycles. The molecule has 0 spiro atoms. The van der Waals surface area contributed by atoms with Crippen LogP contribution in [0, 0.1) is 0 Å². The van der Waals surface area contributed by atoms with Crippen molar-refractivity contribution in [1.29, 1.82) is 0 Å². The summed E-state index contributed by atoms with van der Waals surface area (Å²) in [5.41, 5.74) is 0. The molecule has 2 nitrogen and oxygen atoms in total. The van der Waals surface area contributed by atoms with Gasteiger partial charge in [0.1, 0.15) is 0 Å². The third-order valence-corrected chi connectivity index (χ3v) is 0.775. The number of carbonyl (C=O) groups is 1. The minimum Gasteiger partial charge on any atom is -0.353 e. The molecule has 0 aliphatic heterocycles. The van der Waals surface area contributed by atoms with Gasteiger partial charge in [0.2, 0.25) is 5.91 Å². The topological polar surface area (TPSA) is 29.1 Å². The summed E-state index contributed by atoms with van der Waals surface area (Å²) in [5.74, 6) is -0.732. The lowest BCUT2D eigenvalue weighted by Gasteiger charge is -1.97. The molecule has 0 aromatic heterocycles. The molecule has 0 saturated carbocycles. The van der Waals surface area contributed by atoms with Crippen LogP contribution in [0.1, 0.15) is 6.92 Å². The van der Waals surface area contributed by atoms with E-state index in [0.717, 1.165) is 0 Å². The van der Waals surface area contributed by atoms with Gasteiger partial charge < -0.3 is 5.32 Å². The first-order chi connectivity index (χ1) is 4.95. The maximum absolute atomic E-state index is 11.4. The fraction of sp³-hybridized carbons (Fsp3) is 0.500. The molecule has 11 heavy (non-hydrogen) atoms. The number of hydrogen-bond acceptors (Lipinski definition) is 1. The van der Waals surface area contributed by atoms with Gasteiger partial charge in [0, 0.05) is 18.7 Å². The summed E-state index contributed by atoms with van der Waals surface area (Å²) in [6, 6.07) is 0. The van der Waals surface area contributed by atoms with Crippen LogP contribution in [0.3, 0.4) is 0 Å². The molecule has 0 unspecified atom stereocenters. The Labute approximate surface area is 62.1 Å². The number of nitrogens with one attached hydrogen (secondary N) is 1. The lowest BCUT2D eigenvalue weighted by atomic mass is 10.4. The number of carbonyl (C=O) groups excluding carboxylic acids is 1. The lowest BCUT2D eigenvalue weighted by Crippen LogP contribution is -2.20. The number of amides is 1. The Morgan fingerprint density at radius 2 is 2.09 bits per heavy atom. The Kier molecular flexibility index (Phi) is 3.64. The number of alkyl halides is 3. The van der Waals surface area contributed by atoms with Crippen LogP contribution in [0.15, 0.2) is 12.2 Å². The summed E-state index contributed by atoms with van der Waals surface area (Å²) >= 11 is 0. The monoisotopic (exact) mass is 167 g/mol. The Bertz CT molecular complexity index is 162. The maximum atomic E-state index is 11.4. The highest BCUT2D eigenvalue weighted by Gasteiger charge is 2.22. The van der Waals surface area contributed by atoms with Crippen molar-refractivity contribution in [3.8, 4) is 0 Å². The van der Waals surface area contributed by atoms with Crippen LogP contribution in [0.2, 0.25) is 0 Å². The van der Waals surface area contributed by atoms with E-state index in [1.165, 1.54) is 0 Å². The molecular formula is C6H8F3NO. The van der Waals surface area contributed by atoms with Crippen molar-refractivity contribution in [2.24, 2.45) is 0 Å². The molecule has 0 atom stereocenters. The zero-order valence-corrected chi connectivity index (χ0v) is 5.90. The molecule has 0 aromatic rings. The normalized spacial score (nSPS) is 12.0. The second-order valence-electron chi connectivity index (χ2n) is 1.77. The first-order valence-electron chi connectivity index (χ1n) is 2.99. The molecule has 0 fully saturated rings. The van der Waals surface area contributed by atoms with Gasteiger partial charge in [0.05, 0.1) is 0 Å². The third kappa shape index (κ3) is 6.89. The summed E-state index contributed by atoms with van der Waals surface area (Å²) in [5, 5.41) is 2.19. The molecule has 64 valence electrons. The molecule has 0 heterocycles. The zero-order valence-electron chi connectivity index (χ0n) is 5.90. The first-order valence-corrected chi connectivity index (χ1v) is 2.99. The number of rotatable bonds is 2. The molecule has 0 bridgehead atoms. The molecule has 0 rings (SSSR count). The first kappa shape index (κ1) is 10.0. The van der Waals surface area contributed by atoms with E-state index in [9.17, 15) is 18.0 Å². The molecular weight excluding hydrogens is 159 g/mol. The SMILES string of the molecule is CCNC(=O)/C=C/C(F)(F)F. The standard InChI is InChI=1S/C6H8F3NO/c1-2-10-5(11)3-4-6(7,8)9/h3-4H,2H2,1H3,(H,10,11)/b4-3+. The largest absolute Gasteiger partial charge is 0.409 e. The number of allylic oxidation sites excluding steroid dienone is 1. The second-order valence-corrected chi connectivity index (χ2v) is 1.77. The van der Waals surface area contributed by atoms with Crippen molar-refractivity contribution in [3.05, 3.63) is 12.2 Å². The molecule has 1 amide bonds. The van der Waals surface area contributed by atoms with E-state index in [1.807, 2.05) is 0 Å². The summed E-state index contributed by atoms with van der Waals surface area (Å²) < 4.78 is 34.2. The van der Waals surface area contributed by atoms with Gasteiger partial charge in [0.25, 0.3) is 0 Å². The van der Waals surface area contributed by atoms with Crippen molar-refractivity contribution >= 4 is 5.91 Å². The van der Waals surface area contributed by atoms with Gasteiger partial charge in [0.15, 0.2) is 0 Å². The summed E-state index contributed by atoms with van der Waals surface area (Å²) in [6.07, 6.45) is -4.05. The Morgan fingerprint density at radius 1 is 1.55 bits per heavy atom. The quantitative estimate of drug-likeness (QED) is 0.616. The molecule has 1 N–H and O–H groups in total. The van der Waals surface area contributed by atoms with E-state index in [1.54, 1.807) is 6.92 Å². The average molecular weight is 167 g/mol. The number of halogens is 3. The van der Waals surface area contributed by atoms with Gasteiger partial charge in [-0.1, -0.05) is 0 Å². The van der Waals surface area contributed by atoms with Crippen LogP contribution in [0.4, 0.5) is 13.2 Å². The third-order valence-electron chi connectivity index (χ3n) is 0.775. The van der Waals surface area contributed by atoms with E-state index < -0.39 is 12.1 Å². The highest BCUT2D eigenvalue weighted by molar-refractivity contribution is 5.87. The van der Waals surface area contributed by atoms with Crippen molar-refractivity contribution in [3.63, 3.8) is 0 Å². The van der Waals surface area contributed by atoms with E-state index in [-0.39, 0.29) is 6.08 Å². The van der Waals surface area contributed by atoms with Gasteiger partial charge in [-0.15, -0.1) is 0 Å². The smallest absolute Gasteiger partial charge is 0.353 e. The Hall–Kier alpha value is -1.00.